The number of aromatic nitrogens is 3. The van der Waals surface area contributed by atoms with Gasteiger partial charge in [-0.25, -0.2) is 0 Å². The number of nitrogen functional groups attached to an aromatic ring is 1. The van der Waals surface area contributed by atoms with Crippen molar-refractivity contribution < 1.29 is 9.53 Å². The second-order valence-electron chi connectivity index (χ2n) is 5.65. The molecule has 8 heteroatoms. The normalized spacial score (nSPS) is 17.7. The predicted octanol–water partition coefficient (Wildman–Crippen LogP) is 2.69. The standard InChI is InChI=1S/C15H20N4O2S2/c1-9-6-12(10(2)19(9)7-11-4-3-5-21-11)13(20)8-22-15-18-17-14(16)23-15/h6,11H,3-5,7-8H2,1-2H3,(H2,16,17)/t11-/m0/s1. The van der Waals surface area contributed by atoms with Gasteiger partial charge in [-0.1, -0.05) is 23.1 Å². The lowest BCUT2D eigenvalue weighted by molar-refractivity contribution is 0.0957. The first-order valence-electron chi connectivity index (χ1n) is 7.58. The number of carbonyl (C=O) groups is 1. The van der Waals surface area contributed by atoms with E-state index in [1.54, 1.807) is 0 Å². The molecular weight excluding hydrogens is 332 g/mol. The minimum absolute atomic E-state index is 0.107. The Kier molecular flexibility index (Phi) is 5.03. The third-order valence-electron chi connectivity index (χ3n) is 4.03. The van der Waals surface area contributed by atoms with Gasteiger partial charge in [0.1, 0.15) is 0 Å². The highest BCUT2D eigenvalue weighted by Crippen LogP contribution is 2.26. The van der Waals surface area contributed by atoms with Crippen molar-refractivity contribution in [3.63, 3.8) is 0 Å². The zero-order valence-electron chi connectivity index (χ0n) is 13.2. The fourth-order valence-corrected chi connectivity index (χ4v) is 4.36. The summed E-state index contributed by atoms with van der Waals surface area (Å²) in [5.41, 5.74) is 8.45. The fraction of sp³-hybridized carbons (Fsp3) is 0.533. The summed E-state index contributed by atoms with van der Waals surface area (Å²) in [7, 11) is 0. The van der Waals surface area contributed by atoms with Crippen molar-refractivity contribution in [2.45, 2.75) is 43.7 Å². The van der Waals surface area contributed by atoms with E-state index in [-0.39, 0.29) is 11.9 Å². The van der Waals surface area contributed by atoms with Crippen LogP contribution in [-0.4, -0.2) is 39.0 Å². The average molecular weight is 352 g/mol. The summed E-state index contributed by atoms with van der Waals surface area (Å²) in [5.74, 6) is 0.453. The summed E-state index contributed by atoms with van der Waals surface area (Å²) in [6.07, 6.45) is 2.48. The fourth-order valence-electron chi connectivity index (χ4n) is 2.84. The minimum Gasteiger partial charge on any atom is -0.376 e. The zero-order chi connectivity index (χ0) is 16.4. The summed E-state index contributed by atoms with van der Waals surface area (Å²) in [6.45, 7) is 5.71. The van der Waals surface area contributed by atoms with Gasteiger partial charge >= 0.3 is 0 Å². The molecule has 1 fully saturated rings. The Bertz CT molecular complexity index is 704. The highest BCUT2D eigenvalue weighted by molar-refractivity contribution is 8.01. The minimum atomic E-state index is 0.107. The van der Waals surface area contributed by atoms with Crippen LogP contribution in [0.4, 0.5) is 5.13 Å². The van der Waals surface area contributed by atoms with Gasteiger partial charge in [-0.15, -0.1) is 10.2 Å². The molecule has 3 rings (SSSR count). The van der Waals surface area contributed by atoms with E-state index in [2.05, 4.69) is 14.8 Å². The Morgan fingerprint density at radius 3 is 3.00 bits per heavy atom. The molecule has 6 nitrogen and oxygen atoms in total. The first-order valence-corrected chi connectivity index (χ1v) is 9.38. The van der Waals surface area contributed by atoms with Crippen LogP contribution in [0.5, 0.6) is 0 Å². The molecule has 1 aliphatic rings. The molecule has 23 heavy (non-hydrogen) atoms. The molecule has 0 amide bonds. The molecule has 0 saturated carbocycles. The molecule has 3 heterocycles. The van der Waals surface area contributed by atoms with Crippen molar-refractivity contribution in [1.82, 2.24) is 14.8 Å². The van der Waals surface area contributed by atoms with E-state index in [9.17, 15) is 4.79 Å². The predicted molar refractivity (Wildman–Crippen MR) is 92.3 cm³/mol. The van der Waals surface area contributed by atoms with Gasteiger partial charge in [0.2, 0.25) is 5.13 Å². The Labute approximate surface area is 143 Å². The number of anilines is 1. The van der Waals surface area contributed by atoms with Gasteiger partial charge in [0.15, 0.2) is 10.1 Å². The van der Waals surface area contributed by atoms with Crippen LogP contribution in [0.25, 0.3) is 0 Å². The number of ether oxygens (including phenoxy) is 1. The van der Waals surface area contributed by atoms with Crippen LogP contribution < -0.4 is 5.73 Å². The summed E-state index contributed by atoms with van der Waals surface area (Å²) < 4.78 is 8.63. The van der Waals surface area contributed by atoms with E-state index < -0.39 is 0 Å². The zero-order valence-corrected chi connectivity index (χ0v) is 14.9. The van der Waals surface area contributed by atoms with E-state index in [0.29, 0.717) is 10.9 Å². The summed E-state index contributed by atoms with van der Waals surface area (Å²) in [5, 5.41) is 8.11. The van der Waals surface area contributed by atoms with Gasteiger partial charge in [0, 0.05) is 30.1 Å². The molecule has 0 aliphatic carbocycles. The van der Waals surface area contributed by atoms with Crippen molar-refractivity contribution in [3.05, 3.63) is 23.0 Å². The third-order valence-corrected chi connectivity index (χ3v) is 5.92. The van der Waals surface area contributed by atoms with Crippen LogP contribution in [0.3, 0.4) is 0 Å². The number of hydrogen-bond donors (Lipinski definition) is 1. The van der Waals surface area contributed by atoms with Gasteiger partial charge in [-0.05, 0) is 32.8 Å². The smallest absolute Gasteiger partial charge is 0.203 e. The van der Waals surface area contributed by atoms with E-state index in [1.165, 1.54) is 23.1 Å². The van der Waals surface area contributed by atoms with Crippen molar-refractivity contribution >= 4 is 34.0 Å². The maximum atomic E-state index is 12.5. The molecule has 0 aromatic carbocycles. The van der Waals surface area contributed by atoms with E-state index in [0.717, 1.165) is 47.3 Å². The molecule has 2 aromatic rings. The molecule has 0 spiro atoms. The van der Waals surface area contributed by atoms with Crippen LogP contribution in [-0.2, 0) is 11.3 Å². The summed E-state index contributed by atoms with van der Waals surface area (Å²) in [4.78, 5) is 12.5. The second-order valence-corrected chi connectivity index (χ2v) is 7.88. The van der Waals surface area contributed by atoms with Gasteiger partial charge in [-0.3, -0.25) is 4.79 Å². The van der Waals surface area contributed by atoms with Crippen LogP contribution in [0.15, 0.2) is 10.4 Å². The highest BCUT2D eigenvalue weighted by Gasteiger charge is 2.21. The monoisotopic (exact) mass is 352 g/mol. The molecule has 1 aliphatic heterocycles. The van der Waals surface area contributed by atoms with Crippen LogP contribution in [0.1, 0.15) is 34.6 Å². The summed E-state index contributed by atoms with van der Waals surface area (Å²) >= 11 is 2.69. The van der Waals surface area contributed by atoms with Gasteiger partial charge < -0.3 is 15.0 Å². The number of rotatable bonds is 6. The highest BCUT2D eigenvalue weighted by atomic mass is 32.2. The Hall–Kier alpha value is -1.38. The first-order chi connectivity index (χ1) is 11.0. The maximum absolute atomic E-state index is 12.5. The van der Waals surface area contributed by atoms with Crippen LogP contribution in [0.2, 0.25) is 0 Å². The molecule has 1 saturated heterocycles. The Balaban J connectivity index is 1.68. The Morgan fingerprint density at radius 2 is 2.35 bits per heavy atom. The van der Waals surface area contributed by atoms with Crippen molar-refractivity contribution in [3.8, 4) is 0 Å². The number of aryl methyl sites for hydroxylation is 1. The topological polar surface area (TPSA) is 83.0 Å². The van der Waals surface area contributed by atoms with Gasteiger partial charge in [0.25, 0.3) is 0 Å². The summed E-state index contributed by atoms with van der Waals surface area (Å²) in [6, 6.07) is 1.97. The largest absolute Gasteiger partial charge is 0.376 e. The Morgan fingerprint density at radius 1 is 1.52 bits per heavy atom. The molecule has 2 N–H and O–H groups in total. The number of thioether (sulfide) groups is 1. The molecule has 124 valence electrons. The average Bonchev–Trinajstić information content (AvgIpc) is 3.23. The third kappa shape index (κ3) is 3.76. The molecule has 0 unspecified atom stereocenters. The van der Waals surface area contributed by atoms with Gasteiger partial charge in [0.05, 0.1) is 11.9 Å². The van der Waals surface area contributed by atoms with E-state index in [4.69, 9.17) is 10.5 Å². The molecule has 1 atom stereocenters. The van der Waals surface area contributed by atoms with Crippen LogP contribution in [0, 0.1) is 13.8 Å². The van der Waals surface area contributed by atoms with Gasteiger partial charge in [-0.2, -0.15) is 0 Å². The second kappa shape index (κ2) is 7.02. The number of ketones is 1. The number of nitrogens with two attached hydrogens (primary N) is 1. The molecule has 2 aromatic heterocycles. The van der Waals surface area contributed by atoms with Crippen molar-refractivity contribution in [2.75, 3.05) is 18.1 Å². The number of hydrogen-bond acceptors (Lipinski definition) is 7. The SMILES string of the molecule is Cc1cc(C(=O)CSc2nnc(N)s2)c(C)n1C[C@@H]1CCCO1. The number of Topliss-reactive ketones (excluding diaryl/α,β-unsaturated/α-hetero) is 1. The van der Waals surface area contributed by atoms with E-state index in [1.807, 2.05) is 19.9 Å². The molecular formula is C15H20N4O2S2. The number of carbonyl (C=O) groups excluding carboxylic acids is 1. The van der Waals surface area contributed by atoms with Crippen molar-refractivity contribution in [2.24, 2.45) is 0 Å². The first kappa shape index (κ1) is 16.5. The lowest BCUT2D eigenvalue weighted by Crippen LogP contribution is -2.17. The molecule has 0 bridgehead atoms. The maximum Gasteiger partial charge on any atom is 0.203 e. The lowest BCUT2D eigenvalue weighted by Gasteiger charge is -2.14. The number of nitrogens with zero attached hydrogens (tertiary/aromatic N) is 3. The van der Waals surface area contributed by atoms with E-state index >= 15 is 0 Å². The quantitative estimate of drug-likeness (QED) is 0.636. The van der Waals surface area contributed by atoms with Crippen LogP contribution >= 0.6 is 23.1 Å². The van der Waals surface area contributed by atoms with Crippen molar-refractivity contribution in [1.29, 1.82) is 0 Å². The lowest BCUT2D eigenvalue weighted by atomic mass is 10.2. The molecule has 0 radical (unpaired) electrons.